The lowest BCUT2D eigenvalue weighted by Crippen LogP contribution is -2.25. The minimum Gasteiger partial charge on any atom is -0.384 e. The number of rotatable bonds is 2. The second kappa shape index (κ2) is 6.41. The van der Waals surface area contributed by atoms with E-state index in [0.717, 1.165) is 58.1 Å². The molecule has 144 valence electrons. The lowest BCUT2D eigenvalue weighted by atomic mass is 10.1. The van der Waals surface area contributed by atoms with Crippen molar-refractivity contribution in [2.75, 3.05) is 17.2 Å². The molecule has 0 fully saturated rings. The molecule has 2 N–H and O–H groups in total. The van der Waals surface area contributed by atoms with Crippen LogP contribution < -0.4 is 10.6 Å². The second-order valence-corrected chi connectivity index (χ2v) is 7.24. The Bertz CT molecular complexity index is 1280. The van der Waals surface area contributed by atoms with Gasteiger partial charge < -0.3 is 10.6 Å². The Labute approximate surface area is 167 Å². The van der Waals surface area contributed by atoms with Crippen LogP contribution in [0.15, 0.2) is 48.7 Å². The molecule has 4 aromatic rings. The lowest BCUT2D eigenvalue weighted by Gasteiger charge is -2.15. The number of fused-ring (bicyclic) bond motifs is 2. The summed E-state index contributed by atoms with van der Waals surface area (Å²) in [4.78, 5) is 27.3. The van der Waals surface area contributed by atoms with E-state index in [1.165, 1.54) is 0 Å². The van der Waals surface area contributed by atoms with Crippen LogP contribution >= 0.6 is 0 Å². The van der Waals surface area contributed by atoms with E-state index < -0.39 is 0 Å². The first kappa shape index (κ1) is 17.4. The molecule has 0 atom stereocenters. The zero-order valence-corrected chi connectivity index (χ0v) is 16.3. The standard InChI is InChI=1S/C22H20N6O/c1-13-25-19-5-4-18(15-7-9-24-21(23)12-15)26-22(19)28(13)17-3-6-20-16(11-17)8-10-27(20)14(2)29/h3-7,9,11-12H,8,10H2,1-2H3,(H2,23,24). The minimum absolute atomic E-state index is 0.0729. The summed E-state index contributed by atoms with van der Waals surface area (Å²) in [5.41, 5.74) is 12.3. The zero-order chi connectivity index (χ0) is 20.1. The maximum Gasteiger partial charge on any atom is 0.223 e. The fourth-order valence-corrected chi connectivity index (χ4v) is 4.00. The average Bonchev–Trinajstić information content (AvgIpc) is 3.27. The maximum absolute atomic E-state index is 11.8. The van der Waals surface area contributed by atoms with Crippen LogP contribution in [0.3, 0.4) is 0 Å². The Balaban J connectivity index is 1.65. The predicted octanol–water partition coefficient (Wildman–Crippen LogP) is 3.28. The first-order chi connectivity index (χ1) is 14.0. The number of nitrogens with zero attached hydrogens (tertiary/aromatic N) is 5. The number of hydrogen-bond acceptors (Lipinski definition) is 5. The Kier molecular flexibility index (Phi) is 3.84. The van der Waals surface area contributed by atoms with Gasteiger partial charge in [0.25, 0.3) is 0 Å². The van der Waals surface area contributed by atoms with Crippen molar-refractivity contribution in [3.8, 4) is 16.9 Å². The number of amides is 1. The third kappa shape index (κ3) is 2.82. The second-order valence-electron chi connectivity index (χ2n) is 7.24. The molecule has 1 aromatic carbocycles. The number of aromatic nitrogens is 4. The predicted molar refractivity (Wildman–Crippen MR) is 113 cm³/mol. The summed E-state index contributed by atoms with van der Waals surface area (Å²) in [5, 5.41) is 0. The number of carbonyl (C=O) groups excluding carboxylic acids is 1. The minimum atomic E-state index is 0.0729. The van der Waals surface area contributed by atoms with Gasteiger partial charge in [0.1, 0.15) is 17.2 Å². The molecule has 0 radical (unpaired) electrons. The highest BCUT2D eigenvalue weighted by molar-refractivity contribution is 5.94. The van der Waals surface area contributed by atoms with Crippen molar-refractivity contribution < 1.29 is 4.79 Å². The fraction of sp³-hybridized carbons (Fsp3) is 0.182. The highest BCUT2D eigenvalue weighted by atomic mass is 16.2. The number of nitrogens with two attached hydrogens (primary N) is 1. The number of carbonyl (C=O) groups is 1. The van der Waals surface area contributed by atoms with Crippen LogP contribution in [0, 0.1) is 6.92 Å². The molecule has 7 nitrogen and oxygen atoms in total. The van der Waals surface area contributed by atoms with Crippen LogP contribution in [-0.4, -0.2) is 32.0 Å². The van der Waals surface area contributed by atoms with Gasteiger partial charge in [-0.05, 0) is 61.4 Å². The van der Waals surface area contributed by atoms with Crippen LogP contribution in [0.2, 0.25) is 0 Å². The van der Waals surface area contributed by atoms with Gasteiger partial charge in [0, 0.05) is 36.6 Å². The van der Waals surface area contributed by atoms with E-state index in [2.05, 4.69) is 20.6 Å². The Morgan fingerprint density at radius 1 is 1.10 bits per heavy atom. The quantitative estimate of drug-likeness (QED) is 0.573. The monoisotopic (exact) mass is 384 g/mol. The summed E-state index contributed by atoms with van der Waals surface area (Å²) in [6.07, 6.45) is 2.53. The lowest BCUT2D eigenvalue weighted by molar-refractivity contribution is -0.116. The van der Waals surface area contributed by atoms with Crippen LogP contribution in [-0.2, 0) is 11.2 Å². The van der Waals surface area contributed by atoms with Gasteiger partial charge in [-0.15, -0.1) is 0 Å². The average molecular weight is 384 g/mol. The van der Waals surface area contributed by atoms with Crippen molar-refractivity contribution in [3.05, 3.63) is 60.0 Å². The van der Waals surface area contributed by atoms with Gasteiger partial charge in [-0.2, -0.15) is 0 Å². The number of pyridine rings is 2. The van der Waals surface area contributed by atoms with Gasteiger partial charge in [-0.25, -0.2) is 15.0 Å². The molecule has 1 aliphatic heterocycles. The van der Waals surface area contributed by atoms with Gasteiger partial charge >= 0.3 is 0 Å². The fourth-order valence-electron chi connectivity index (χ4n) is 4.00. The first-order valence-corrected chi connectivity index (χ1v) is 9.50. The van der Waals surface area contributed by atoms with E-state index in [0.29, 0.717) is 5.82 Å². The van der Waals surface area contributed by atoms with E-state index in [9.17, 15) is 4.79 Å². The molecule has 0 spiro atoms. The summed E-state index contributed by atoms with van der Waals surface area (Å²) >= 11 is 0. The molecule has 1 aliphatic rings. The number of hydrogen-bond donors (Lipinski definition) is 1. The highest BCUT2D eigenvalue weighted by Gasteiger charge is 2.23. The number of anilines is 2. The summed E-state index contributed by atoms with van der Waals surface area (Å²) in [6.45, 7) is 4.30. The van der Waals surface area contributed by atoms with E-state index in [1.54, 1.807) is 13.1 Å². The van der Waals surface area contributed by atoms with E-state index in [-0.39, 0.29) is 5.91 Å². The molecular weight excluding hydrogens is 364 g/mol. The largest absolute Gasteiger partial charge is 0.384 e. The Morgan fingerprint density at radius 2 is 1.97 bits per heavy atom. The molecule has 0 unspecified atom stereocenters. The molecule has 0 bridgehead atoms. The van der Waals surface area contributed by atoms with Crippen LogP contribution in [0.1, 0.15) is 18.3 Å². The topological polar surface area (TPSA) is 89.9 Å². The molecule has 7 heteroatoms. The van der Waals surface area contributed by atoms with Crippen molar-refractivity contribution in [2.24, 2.45) is 0 Å². The summed E-state index contributed by atoms with van der Waals surface area (Å²) < 4.78 is 2.06. The molecule has 3 aromatic heterocycles. The zero-order valence-electron chi connectivity index (χ0n) is 16.3. The van der Waals surface area contributed by atoms with Crippen LogP contribution in [0.4, 0.5) is 11.5 Å². The first-order valence-electron chi connectivity index (χ1n) is 9.50. The molecule has 0 aliphatic carbocycles. The molecule has 0 saturated heterocycles. The van der Waals surface area contributed by atoms with Gasteiger partial charge in [0.15, 0.2) is 5.65 Å². The summed E-state index contributed by atoms with van der Waals surface area (Å²) in [6, 6.07) is 13.8. The normalized spacial score (nSPS) is 13.1. The van der Waals surface area contributed by atoms with Gasteiger partial charge in [0.05, 0.1) is 5.69 Å². The summed E-state index contributed by atoms with van der Waals surface area (Å²) in [5.74, 6) is 1.40. The number of nitrogen functional groups attached to an aromatic ring is 1. The molecule has 0 saturated carbocycles. The van der Waals surface area contributed by atoms with E-state index in [1.807, 2.05) is 48.2 Å². The third-order valence-corrected chi connectivity index (χ3v) is 5.35. The number of aryl methyl sites for hydroxylation is 1. The molecular formula is C22H20N6O. The molecule has 1 amide bonds. The van der Waals surface area contributed by atoms with Gasteiger partial charge in [0.2, 0.25) is 5.91 Å². The third-order valence-electron chi connectivity index (χ3n) is 5.35. The smallest absolute Gasteiger partial charge is 0.223 e. The van der Waals surface area contributed by atoms with Crippen LogP contribution in [0.5, 0.6) is 0 Å². The number of imidazole rings is 1. The SMILES string of the molecule is CC(=O)N1CCc2cc(-n3c(C)nc4ccc(-c5ccnc(N)c5)nc43)ccc21. The van der Waals surface area contributed by atoms with Crippen molar-refractivity contribution in [3.63, 3.8) is 0 Å². The number of benzene rings is 1. The van der Waals surface area contributed by atoms with Crippen LogP contribution in [0.25, 0.3) is 28.1 Å². The summed E-state index contributed by atoms with van der Waals surface area (Å²) in [7, 11) is 0. The van der Waals surface area contributed by atoms with Crippen molar-refractivity contribution in [1.29, 1.82) is 0 Å². The Morgan fingerprint density at radius 3 is 2.76 bits per heavy atom. The van der Waals surface area contributed by atoms with E-state index >= 15 is 0 Å². The van der Waals surface area contributed by atoms with E-state index in [4.69, 9.17) is 10.7 Å². The van der Waals surface area contributed by atoms with Crippen molar-refractivity contribution in [2.45, 2.75) is 20.3 Å². The van der Waals surface area contributed by atoms with Crippen molar-refractivity contribution >= 4 is 28.6 Å². The molecule has 5 rings (SSSR count). The van der Waals surface area contributed by atoms with Gasteiger partial charge in [-0.1, -0.05) is 0 Å². The van der Waals surface area contributed by atoms with Gasteiger partial charge in [-0.3, -0.25) is 9.36 Å². The molecule has 29 heavy (non-hydrogen) atoms. The van der Waals surface area contributed by atoms with Crippen molar-refractivity contribution in [1.82, 2.24) is 19.5 Å². The maximum atomic E-state index is 11.8. The highest BCUT2D eigenvalue weighted by Crippen LogP contribution is 2.32. The Hall–Kier alpha value is -3.74. The molecule has 4 heterocycles.